The van der Waals surface area contributed by atoms with Crippen molar-refractivity contribution < 1.29 is 18.0 Å². The van der Waals surface area contributed by atoms with Crippen molar-refractivity contribution in [1.82, 2.24) is 4.31 Å². The zero-order valence-corrected chi connectivity index (χ0v) is 17.7. The van der Waals surface area contributed by atoms with Crippen LogP contribution in [0.5, 0.6) is 0 Å². The van der Waals surface area contributed by atoms with Gasteiger partial charge in [-0.05, 0) is 67.3 Å². The maximum Gasteiger partial charge on any atom is 0.243 e. The van der Waals surface area contributed by atoms with Crippen molar-refractivity contribution in [2.75, 3.05) is 24.2 Å². The third-order valence-electron chi connectivity index (χ3n) is 4.74. The molecule has 1 aliphatic heterocycles. The molecule has 0 saturated heterocycles. The number of carbonyl (C=O) groups is 2. The van der Waals surface area contributed by atoms with Gasteiger partial charge in [-0.15, -0.1) is 0 Å². The van der Waals surface area contributed by atoms with Crippen molar-refractivity contribution in [3.05, 3.63) is 52.5 Å². The molecule has 0 spiro atoms. The molecule has 1 aliphatic rings. The topological polar surface area (TPSA) is 95.6 Å². The Morgan fingerprint density at radius 3 is 2.69 bits per heavy atom. The van der Waals surface area contributed by atoms with Crippen molar-refractivity contribution in [1.29, 1.82) is 0 Å². The first kappa shape index (κ1) is 21.3. The lowest BCUT2D eigenvalue weighted by molar-refractivity contribution is -0.117. The average Bonchev–Trinajstić information content (AvgIpc) is 2.83. The summed E-state index contributed by atoms with van der Waals surface area (Å²) in [4.78, 5) is 24.1. The quantitative estimate of drug-likeness (QED) is 0.753. The van der Waals surface area contributed by atoms with Gasteiger partial charge in [0.25, 0.3) is 0 Å². The van der Waals surface area contributed by atoms with E-state index in [1.807, 2.05) is 0 Å². The van der Waals surface area contributed by atoms with E-state index in [1.54, 1.807) is 37.3 Å². The minimum atomic E-state index is -3.86. The van der Waals surface area contributed by atoms with Gasteiger partial charge >= 0.3 is 0 Å². The van der Waals surface area contributed by atoms with E-state index >= 15 is 0 Å². The summed E-state index contributed by atoms with van der Waals surface area (Å²) in [6.45, 7) is 1.47. The molecule has 0 aromatic heterocycles. The molecular formula is C20H22ClN3O4S. The summed E-state index contributed by atoms with van der Waals surface area (Å²) in [5, 5.41) is 6.04. The number of aryl methyl sites for hydroxylation is 2. The summed E-state index contributed by atoms with van der Waals surface area (Å²) in [7, 11) is -2.51. The zero-order valence-electron chi connectivity index (χ0n) is 16.2. The van der Waals surface area contributed by atoms with Gasteiger partial charge in [0, 0.05) is 29.9 Å². The van der Waals surface area contributed by atoms with Crippen molar-refractivity contribution in [3.63, 3.8) is 0 Å². The van der Waals surface area contributed by atoms with E-state index < -0.39 is 15.9 Å². The number of sulfonamides is 1. The minimum absolute atomic E-state index is 0.0781. The molecule has 0 unspecified atom stereocenters. The number of halogens is 1. The molecule has 0 atom stereocenters. The van der Waals surface area contributed by atoms with Crippen LogP contribution in [-0.4, -0.2) is 38.1 Å². The molecular weight excluding hydrogens is 414 g/mol. The predicted octanol–water partition coefficient (Wildman–Crippen LogP) is 3.18. The fraction of sp³-hybridized carbons (Fsp3) is 0.300. The van der Waals surface area contributed by atoms with E-state index in [1.165, 1.54) is 13.1 Å². The normalized spacial score (nSPS) is 14.1. The lowest BCUT2D eigenvalue weighted by Gasteiger charge is -2.18. The Bertz CT molecular complexity index is 1070. The Labute approximate surface area is 175 Å². The lowest BCUT2D eigenvalue weighted by atomic mass is 10.1. The van der Waals surface area contributed by atoms with Gasteiger partial charge in [0.1, 0.15) is 0 Å². The number of hydrogen-bond donors (Lipinski definition) is 2. The molecule has 2 amide bonds. The first-order chi connectivity index (χ1) is 13.7. The third-order valence-corrected chi connectivity index (χ3v) is 6.77. The molecule has 0 bridgehead atoms. The number of nitrogens with one attached hydrogen (secondary N) is 2. The van der Waals surface area contributed by atoms with Crippen LogP contribution >= 0.6 is 11.6 Å². The van der Waals surface area contributed by atoms with E-state index in [0.717, 1.165) is 15.4 Å². The monoisotopic (exact) mass is 435 g/mol. The van der Waals surface area contributed by atoms with E-state index in [2.05, 4.69) is 10.6 Å². The van der Waals surface area contributed by atoms with Crippen LogP contribution in [0.1, 0.15) is 24.0 Å². The Morgan fingerprint density at radius 1 is 1.21 bits per heavy atom. The number of hydrogen-bond acceptors (Lipinski definition) is 4. The molecule has 3 rings (SSSR count). The summed E-state index contributed by atoms with van der Waals surface area (Å²) in [5.74, 6) is -0.533. The van der Waals surface area contributed by atoms with E-state index in [-0.39, 0.29) is 17.3 Å². The van der Waals surface area contributed by atoms with Gasteiger partial charge < -0.3 is 10.6 Å². The fourth-order valence-corrected chi connectivity index (χ4v) is 4.54. The number of amides is 2. The number of rotatable bonds is 5. The molecule has 0 fully saturated rings. The van der Waals surface area contributed by atoms with E-state index in [9.17, 15) is 18.0 Å². The Morgan fingerprint density at radius 2 is 1.97 bits per heavy atom. The van der Waals surface area contributed by atoms with Gasteiger partial charge in [0.2, 0.25) is 21.8 Å². The molecule has 29 heavy (non-hydrogen) atoms. The number of fused-ring (bicyclic) bond motifs is 1. The Kier molecular flexibility index (Phi) is 6.26. The van der Waals surface area contributed by atoms with Crippen molar-refractivity contribution in [2.24, 2.45) is 0 Å². The van der Waals surface area contributed by atoms with Gasteiger partial charge in [-0.1, -0.05) is 11.6 Å². The Balaban J connectivity index is 1.74. The number of likely N-dealkylation sites (N-methyl/N-ethyl adjacent to an activating group) is 1. The number of anilines is 2. The minimum Gasteiger partial charge on any atom is -0.326 e. The predicted molar refractivity (Wildman–Crippen MR) is 113 cm³/mol. The summed E-state index contributed by atoms with van der Waals surface area (Å²) in [6.07, 6.45) is 1.67. The highest BCUT2D eigenvalue weighted by Crippen LogP contribution is 2.26. The molecule has 1 heterocycles. The smallest absolute Gasteiger partial charge is 0.243 e. The SMILES string of the molecule is Cc1cc(Cl)ccc1NC(=O)CN(C)S(=O)(=O)c1ccc2c(c1)CCCC(=O)N2. The first-order valence-electron chi connectivity index (χ1n) is 9.12. The second-order valence-electron chi connectivity index (χ2n) is 6.99. The average molecular weight is 436 g/mol. The van der Waals surface area contributed by atoms with E-state index in [0.29, 0.717) is 35.7 Å². The highest BCUT2D eigenvalue weighted by atomic mass is 35.5. The molecule has 154 valence electrons. The second kappa shape index (κ2) is 8.52. The van der Waals surface area contributed by atoms with Crippen LogP contribution in [0.2, 0.25) is 5.02 Å². The molecule has 9 heteroatoms. The maximum atomic E-state index is 12.9. The summed E-state index contributed by atoms with van der Waals surface area (Å²) >= 11 is 5.91. The second-order valence-corrected chi connectivity index (χ2v) is 9.47. The van der Waals surface area contributed by atoms with Gasteiger partial charge in [0.15, 0.2) is 0 Å². The van der Waals surface area contributed by atoms with Gasteiger partial charge in [-0.25, -0.2) is 8.42 Å². The van der Waals surface area contributed by atoms with Crippen LogP contribution < -0.4 is 10.6 Å². The molecule has 0 radical (unpaired) electrons. The first-order valence-corrected chi connectivity index (χ1v) is 10.9. The lowest BCUT2D eigenvalue weighted by Crippen LogP contribution is -2.35. The molecule has 2 N–H and O–H groups in total. The summed E-state index contributed by atoms with van der Waals surface area (Å²) < 4.78 is 26.8. The van der Waals surface area contributed by atoms with Crippen LogP contribution in [0, 0.1) is 6.92 Å². The highest BCUT2D eigenvalue weighted by molar-refractivity contribution is 7.89. The van der Waals surface area contributed by atoms with Gasteiger partial charge in [0.05, 0.1) is 11.4 Å². The third kappa shape index (κ3) is 4.95. The molecule has 0 saturated carbocycles. The van der Waals surface area contributed by atoms with Crippen LogP contribution in [0.3, 0.4) is 0 Å². The van der Waals surface area contributed by atoms with Crippen LogP contribution in [0.4, 0.5) is 11.4 Å². The van der Waals surface area contributed by atoms with Gasteiger partial charge in [-0.3, -0.25) is 9.59 Å². The highest BCUT2D eigenvalue weighted by Gasteiger charge is 2.25. The molecule has 0 aliphatic carbocycles. The fourth-order valence-electron chi connectivity index (χ4n) is 3.14. The number of benzene rings is 2. The summed E-state index contributed by atoms with van der Waals surface area (Å²) in [5.41, 5.74) is 2.76. The van der Waals surface area contributed by atoms with Crippen molar-refractivity contribution >= 4 is 44.8 Å². The standard InChI is InChI=1S/C20H22ClN3O4S/c1-13-10-15(21)6-8-17(13)22-20(26)12-24(2)29(27,28)16-7-9-18-14(11-16)4-3-5-19(25)23-18/h6-11H,3-5,12H2,1-2H3,(H,22,26)(H,23,25). The Hall–Kier alpha value is -2.42. The number of nitrogens with zero attached hydrogens (tertiary/aromatic N) is 1. The summed E-state index contributed by atoms with van der Waals surface area (Å²) in [6, 6.07) is 9.64. The zero-order chi connectivity index (χ0) is 21.2. The molecule has 7 nitrogen and oxygen atoms in total. The van der Waals surface area contributed by atoms with Crippen molar-refractivity contribution in [2.45, 2.75) is 31.1 Å². The van der Waals surface area contributed by atoms with Crippen molar-refractivity contribution in [3.8, 4) is 0 Å². The van der Waals surface area contributed by atoms with Crippen LogP contribution in [-0.2, 0) is 26.0 Å². The molecule has 2 aromatic carbocycles. The van der Waals surface area contributed by atoms with Gasteiger partial charge in [-0.2, -0.15) is 4.31 Å². The van der Waals surface area contributed by atoms with E-state index in [4.69, 9.17) is 11.6 Å². The number of carbonyl (C=O) groups excluding carboxylic acids is 2. The largest absolute Gasteiger partial charge is 0.326 e. The molecule has 2 aromatic rings. The maximum absolute atomic E-state index is 12.9. The van der Waals surface area contributed by atoms with Crippen LogP contribution in [0.25, 0.3) is 0 Å². The van der Waals surface area contributed by atoms with Crippen LogP contribution in [0.15, 0.2) is 41.3 Å².